The first-order valence-corrected chi connectivity index (χ1v) is 8.27. The van der Waals surface area contributed by atoms with Gasteiger partial charge in [-0.1, -0.05) is 18.2 Å². The molecule has 2 fully saturated rings. The molecular weight excluding hydrogens is 288 g/mol. The quantitative estimate of drug-likeness (QED) is 0.920. The number of nitrogens with zero attached hydrogens (tertiary/aromatic N) is 3. The summed E-state index contributed by atoms with van der Waals surface area (Å²) >= 11 is 0. The Morgan fingerprint density at radius 1 is 1.13 bits per heavy atom. The second kappa shape index (κ2) is 5.49. The minimum absolute atomic E-state index is 0.136. The molecule has 2 aliphatic rings. The molecule has 0 radical (unpaired) electrons. The van der Waals surface area contributed by atoms with Gasteiger partial charge in [0.25, 0.3) is 5.91 Å². The lowest BCUT2D eigenvalue weighted by atomic mass is 10.0. The fourth-order valence-electron chi connectivity index (χ4n) is 3.95. The third-order valence-corrected chi connectivity index (χ3v) is 5.18. The lowest BCUT2D eigenvalue weighted by Crippen LogP contribution is -2.32. The second-order valence-corrected chi connectivity index (χ2v) is 6.68. The smallest absolute Gasteiger partial charge is 0.257 e. The van der Waals surface area contributed by atoms with Crippen LogP contribution in [-0.4, -0.2) is 46.8 Å². The maximum atomic E-state index is 13.0. The van der Waals surface area contributed by atoms with Crippen LogP contribution in [0, 0.1) is 25.7 Å². The van der Waals surface area contributed by atoms with Crippen molar-refractivity contribution in [2.75, 3.05) is 26.2 Å². The Labute approximate surface area is 136 Å². The fourth-order valence-corrected chi connectivity index (χ4v) is 3.95. The number of aryl methyl sites for hydroxylation is 1. The van der Waals surface area contributed by atoms with Crippen molar-refractivity contribution in [3.05, 3.63) is 47.3 Å². The van der Waals surface area contributed by atoms with E-state index in [9.17, 15) is 4.79 Å². The summed E-state index contributed by atoms with van der Waals surface area (Å²) in [6.45, 7) is 7.72. The van der Waals surface area contributed by atoms with Gasteiger partial charge in [-0.05, 0) is 37.8 Å². The summed E-state index contributed by atoms with van der Waals surface area (Å²) in [7, 11) is 0. The van der Waals surface area contributed by atoms with E-state index in [-0.39, 0.29) is 5.91 Å². The van der Waals surface area contributed by atoms with Crippen molar-refractivity contribution in [1.82, 2.24) is 20.0 Å². The van der Waals surface area contributed by atoms with Gasteiger partial charge < -0.3 is 10.2 Å². The summed E-state index contributed by atoms with van der Waals surface area (Å²) in [5, 5.41) is 8.02. The molecule has 0 unspecified atom stereocenters. The number of nitrogens with one attached hydrogen (secondary N) is 1. The van der Waals surface area contributed by atoms with Gasteiger partial charge in [-0.15, -0.1) is 0 Å². The molecule has 5 nitrogen and oxygen atoms in total. The highest BCUT2D eigenvalue weighted by Gasteiger charge is 2.39. The number of benzene rings is 1. The van der Waals surface area contributed by atoms with Gasteiger partial charge in [0, 0.05) is 26.2 Å². The van der Waals surface area contributed by atoms with E-state index < -0.39 is 0 Å². The van der Waals surface area contributed by atoms with Crippen LogP contribution < -0.4 is 5.32 Å². The number of amides is 1. The summed E-state index contributed by atoms with van der Waals surface area (Å²) in [6, 6.07) is 9.99. The normalized spacial score (nSPS) is 23.3. The number of likely N-dealkylation sites (tertiary alicyclic amines) is 1. The van der Waals surface area contributed by atoms with E-state index in [0.717, 1.165) is 48.8 Å². The number of hydrogen-bond donors (Lipinski definition) is 1. The SMILES string of the molecule is Cc1nn(-c2ccccc2)c(C)c1C(=O)N1C[C@H]2CNC[C@H]2C1. The Morgan fingerprint density at radius 2 is 1.78 bits per heavy atom. The molecule has 1 amide bonds. The van der Waals surface area contributed by atoms with Gasteiger partial charge in [-0.2, -0.15) is 5.10 Å². The van der Waals surface area contributed by atoms with Gasteiger partial charge in [0.1, 0.15) is 0 Å². The Bertz CT molecular complexity index is 725. The van der Waals surface area contributed by atoms with Crippen LogP contribution in [0.1, 0.15) is 21.7 Å². The van der Waals surface area contributed by atoms with Gasteiger partial charge in [0.15, 0.2) is 0 Å². The number of fused-ring (bicyclic) bond motifs is 1. The van der Waals surface area contributed by atoms with Gasteiger partial charge in [-0.3, -0.25) is 4.79 Å². The van der Waals surface area contributed by atoms with Gasteiger partial charge in [0.2, 0.25) is 0 Å². The molecule has 1 aromatic carbocycles. The summed E-state index contributed by atoms with van der Waals surface area (Å²) in [5.41, 5.74) is 3.50. The molecule has 1 N–H and O–H groups in total. The summed E-state index contributed by atoms with van der Waals surface area (Å²) in [5.74, 6) is 1.36. The molecule has 5 heteroatoms. The summed E-state index contributed by atoms with van der Waals surface area (Å²) in [4.78, 5) is 15.0. The van der Waals surface area contributed by atoms with Crippen LogP contribution in [-0.2, 0) is 0 Å². The third-order valence-electron chi connectivity index (χ3n) is 5.18. The maximum absolute atomic E-state index is 13.0. The summed E-state index contributed by atoms with van der Waals surface area (Å²) < 4.78 is 1.88. The van der Waals surface area contributed by atoms with Crippen molar-refractivity contribution in [3.63, 3.8) is 0 Å². The molecule has 0 spiro atoms. The molecule has 23 heavy (non-hydrogen) atoms. The zero-order valence-electron chi connectivity index (χ0n) is 13.6. The highest BCUT2D eigenvalue weighted by Crippen LogP contribution is 2.29. The highest BCUT2D eigenvalue weighted by molar-refractivity contribution is 5.96. The highest BCUT2D eigenvalue weighted by atomic mass is 16.2. The Kier molecular flexibility index (Phi) is 3.45. The number of aromatic nitrogens is 2. The van der Waals surface area contributed by atoms with E-state index in [2.05, 4.69) is 10.4 Å². The number of rotatable bonds is 2. The molecule has 0 aliphatic carbocycles. The van der Waals surface area contributed by atoms with Crippen molar-refractivity contribution >= 4 is 5.91 Å². The first-order chi connectivity index (χ1) is 11.1. The molecular formula is C18H22N4O. The van der Waals surface area contributed by atoms with Crippen molar-refractivity contribution in [3.8, 4) is 5.69 Å². The zero-order valence-corrected chi connectivity index (χ0v) is 13.6. The van der Waals surface area contributed by atoms with Crippen molar-refractivity contribution < 1.29 is 4.79 Å². The number of hydrogen-bond acceptors (Lipinski definition) is 3. The van der Waals surface area contributed by atoms with E-state index in [1.807, 2.05) is 53.8 Å². The van der Waals surface area contributed by atoms with Crippen LogP contribution in [0.15, 0.2) is 30.3 Å². The topological polar surface area (TPSA) is 50.2 Å². The predicted octanol–water partition coefficient (Wildman–Crippen LogP) is 1.78. The summed E-state index contributed by atoms with van der Waals surface area (Å²) in [6.07, 6.45) is 0. The average molecular weight is 310 g/mol. The third kappa shape index (κ3) is 2.36. The van der Waals surface area contributed by atoms with E-state index in [0.29, 0.717) is 11.8 Å². The Balaban J connectivity index is 1.64. The zero-order chi connectivity index (χ0) is 16.0. The van der Waals surface area contributed by atoms with Gasteiger partial charge >= 0.3 is 0 Å². The first kappa shape index (κ1) is 14.5. The minimum Gasteiger partial charge on any atom is -0.338 e. The lowest BCUT2D eigenvalue weighted by Gasteiger charge is -2.17. The van der Waals surface area contributed by atoms with Crippen molar-refractivity contribution in [1.29, 1.82) is 0 Å². The van der Waals surface area contributed by atoms with E-state index >= 15 is 0 Å². The van der Waals surface area contributed by atoms with Gasteiger partial charge in [-0.25, -0.2) is 4.68 Å². The van der Waals surface area contributed by atoms with Crippen LogP contribution in [0.5, 0.6) is 0 Å². The molecule has 0 bridgehead atoms. The molecule has 4 rings (SSSR count). The van der Waals surface area contributed by atoms with Crippen molar-refractivity contribution in [2.24, 2.45) is 11.8 Å². The van der Waals surface area contributed by atoms with E-state index in [1.54, 1.807) is 0 Å². The van der Waals surface area contributed by atoms with Gasteiger partial charge in [0.05, 0.1) is 22.6 Å². The molecule has 1 aromatic heterocycles. The maximum Gasteiger partial charge on any atom is 0.257 e. The molecule has 0 saturated carbocycles. The van der Waals surface area contributed by atoms with E-state index in [4.69, 9.17) is 0 Å². The number of para-hydroxylation sites is 1. The van der Waals surface area contributed by atoms with Crippen molar-refractivity contribution in [2.45, 2.75) is 13.8 Å². The molecule has 120 valence electrons. The number of carbonyl (C=O) groups excluding carboxylic acids is 1. The van der Waals surface area contributed by atoms with Crippen LogP contribution >= 0.6 is 0 Å². The van der Waals surface area contributed by atoms with E-state index in [1.165, 1.54) is 0 Å². The molecule has 3 heterocycles. The molecule has 2 aromatic rings. The average Bonchev–Trinajstić information content (AvgIpc) is 3.21. The molecule has 2 saturated heterocycles. The number of carbonyl (C=O) groups is 1. The predicted molar refractivity (Wildman–Crippen MR) is 88.8 cm³/mol. The Hall–Kier alpha value is -2.14. The molecule has 2 aliphatic heterocycles. The molecule has 2 atom stereocenters. The first-order valence-electron chi connectivity index (χ1n) is 8.27. The van der Waals surface area contributed by atoms with Crippen LogP contribution in [0.3, 0.4) is 0 Å². The lowest BCUT2D eigenvalue weighted by molar-refractivity contribution is 0.0780. The van der Waals surface area contributed by atoms with Crippen LogP contribution in [0.2, 0.25) is 0 Å². The fraction of sp³-hybridized carbons (Fsp3) is 0.444. The van der Waals surface area contributed by atoms with Crippen LogP contribution in [0.4, 0.5) is 0 Å². The standard InChI is InChI=1S/C18H22N4O/c1-12-17(13(2)22(20-12)16-6-4-3-5-7-16)18(23)21-10-14-8-19-9-15(14)11-21/h3-7,14-15,19H,8-11H2,1-2H3/t14-,15+. The van der Waals surface area contributed by atoms with Crippen LogP contribution in [0.25, 0.3) is 5.69 Å². The monoisotopic (exact) mass is 310 g/mol. The Morgan fingerprint density at radius 3 is 2.43 bits per heavy atom. The largest absolute Gasteiger partial charge is 0.338 e. The second-order valence-electron chi connectivity index (χ2n) is 6.68. The minimum atomic E-state index is 0.136.